The van der Waals surface area contributed by atoms with E-state index in [9.17, 15) is 0 Å². The second-order valence-corrected chi connectivity index (χ2v) is 12.7. The predicted octanol–water partition coefficient (Wildman–Crippen LogP) is 6.81. The highest BCUT2D eigenvalue weighted by Crippen LogP contribution is 2.48. The van der Waals surface area contributed by atoms with Crippen molar-refractivity contribution in [2.45, 2.75) is 45.3 Å². The summed E-state index contributed by atoms with van der Waals surface area (Å²) in [6.07, 6.45) is 21.6. The van der Waals surface area contributed by atoms with E-state index in [0.717, 1.165) is 0 Å². The summed E-state index contributed by atoms with van der Waals surface area (Å²) in [5.41, 5.74) is 0. The first kappa shape index (κ1) is 22.1. The van der Waals surface area contributed by atoms with Crippen LogP contribution in [-0.4, -0.2) is 44.4 Å². The summed E-state index contributed by atoms with van der Waals surface area (Å²) in [4.78, 5) is 0. The third-order valence-electron chi connectivity index (χ3n) is 3.58. The molecule has 0 fully saturated rings. The monoisotopic (exact) mass is 390 g/mol. The lowest BCUT2D eigenvalue weighted by molar-refractivity contribution is 0.610. The molecule has 0 bridgehead atoms. The molecule has 0 spiro atoms. The van der Waals surface area contributed by atoms with Gasteiger partial charge < -0.3 is 0 Å². The lowest BCUT2D eigenvalue weighted by Gasteiger charge is -2.29. The van der Waals surface area contributed by atoms with E-state index in [1.54, 1.807) is 0 Å². The molecule has 6 heteroatoms. The minimum Gasteiger partial charge on any atom is -0.137 e. The van der Waals surface area contributed by atoms with Crippen molar-refractivity contribution in [3.63, 3.8) is 0 Å². The zero-order valence-electron chi connectivity index (χ0n) is 13.7. The van der Waals surface area contributed by atoms with E-state index in [0.29, 0.717) is 6.82 Å². The molecular weight excluding hydrogens is 361 g/mol. The number of thioether (sulfide) groups is 6. The maximum Gasteiger partial charge on any atom is 0.106 e. The lowest BCUT2D eigenvalue weighted by atomic mass is 10.1. The molecule has 0 N–H and O–H groups in total. The van der Waals surface area contributed by atoms with Crippen LogP contribution in [0.3, 0.4) is 0 Å². The average molecular weight is 391 g/mol. The maximum atomic E-state index is 2.25. The highest BCUT2D eigenvalue weighted by atomic mass is 32.3. The largest absolute Gasteiger partial charge is 0.137 e. The number of hydrogen-bond donors (Lipinski definition) is 0. The van der Waals surface area contributed by atoms with Crippen molar-refractivity contribution in [2.75, 3.05) is 37.5 Å². The average Bonchev–Trinajstić information content (AvgIpc) is 2.52. The van der Waals surface area contributed by atoms with E-state index < -0.39 is 0 Å². The van der Waals surface area contributed by atoms with Crippen molar-refractivity contribution in [1.29, 1.82) is 0 Å². The fourth-order valence-corrected chi connectivity index (χ4v) is 8.24. The van der Waals surface area contributed by atoms with E-state index in [1.807, 2.05) is 70.6 Å². The second kappa shape index (κ2) is 12.5. The SMILES string of the molecule is CSC(CCCCCCC(SC)(SC)SC)(SC)SC. The summed E-state index contributed by atoms with van der Waals surface area (Å²) >= 11 is 12.1. The van der Waals surface area contributed by atoms with E-state index in [2.05, 4.69) is 37.5 Å². The summed E-state index contributed by atoms with van der Waals surface area (Å²) in [5, 5.41) is 0. The normalized spacial score (nSPS) is 12.9. The van der Waals surface area contributed by atoms with Gasteiger partial charge in [0.05, 0.1) is 0 Å². The Kier molecular flexibility index (Phi) is 13.8. The van der Waals surface area contributed by atoms with Crippen LogP contribution in [-0.2, 0) is 0 Å². The standard InChI is InChI=1S/C14H30S6/c1-15-13(16-2,17-3)11-9-7-8-10-12-14(18-4,19-5)20-6/h7-12H2,1-6H3. The van der Waals surface area contributed by atoms with Gasteiger partial charge in [-0.1, -0.05) is 25.7 Å². The Hall–Kier alpha value is 2.10. The Balaban J connectivity index is 3.87. The minimum absolute atomic E-state index is 0.390. The van der Waals surface area contributed by atoms with E-state index in [4.69, 9.17) is 0 Å². The Labute approximate surface area is 152 Å². The Morgan fingerprint density at radius 3 is 0.900 bits per heavy atom. The van der Waals surface area contributed by atoms with E-state index in [1.165, 1.54) is 38.5 Å². The molecule has 0 atom stereocenters. The maximum absolute atomic E-state index is 2.25. The molecular formula is C14H30S6. The van der Waals surface area contributed by atoms with Crippen molar-refractivity contribution >= 4 is 70.6 Å². The van der Waals surface area contributed by atoms with Gasteiger partial charge in [-0.3, -0.25) is 0 Å². The van der Waals surface area contributed by atoms with Crippen molar-refractivity contribution in [1.82, 2.24) is 0 Å². The molecule has 0 rings (SSSR count). The fraction of sp³-hybridized carbons (Fsp3) is 1.00. The molecule has 0 saturated carbocycles. The molecule has 0 heterocycles. The third-order valence-corrected chi connectivity index (χ3v) is 14.5. The quantitative estimate of drug-likeness (QED) is 0.248. The van der Waals surface area contributed by atoms with Crippen LogP contribution in [0.2, 0.25) is 0 Å². The molecule has 0 nitrogen and oxygen atoms in total. The molecule has 0 aromatic heterocycles. The third kappa shape index (κ3) is 7.58. The Bertz CT molecular complexity index is 185. The highest BCUT2D eigenvalue weighted by Gasteiger charge is 2.27. The summed E-state index contributed by atoms with van der Waals surface area (Å²) in [6.45, 7) is 0. The smallest absolute Gasteiger partial charge is 0.106 e. The summed E-state index contributed by atoms with van der Waals surface area (Å²) < 4.78 is 0.781. The van der Waals surface area contributed by atoms with Gasteiger partial charge >= 0.3 is 0 Å². The summed E-state index contributed by atoms with van der Waals surface area (Å²) in [6, 6.07) is 0. The van der Waals surface area contributed by atoms with Gasteiger partial charge in [0.25, 0.3) is 0 Å². The Morgan fingerprint density at radius 1 is 0.450 bits per heavy atom. The molecule has 0 saturated heterocycles. The predicted molar refractivity (Wildman–Crippen MR) is 114 cm³/mol. The van der Waals surface area contributed by atoms with Crippen molar-refractivity contribution in [3.8, 4) is 0 Å². The van der Waals surface area contributed by atoms with Crippen LogP contribution in [0.15, 0.2) is 0 Å². The van der Waals surface area contributed by atoms with Crippen molar-refractivity contribution < 1.29 is 0 Å². The molecule has 0 aliphatic carbocycles. The number of hydrogen-bond acceptors (Lipinski definition) is 6. The van der Waals surface area contributed by atoms with Crippen LogP contribution in [0.25, 0.3) is 0 Å². The zero-order chi connectivity index (χ0) is 15.5. The minimum atomic E-state index is 0.390. The number of rotatable bonds is 13. The Morgan fingerprint density at radius 2 is 0.700 bits per heavy atom. The molecule has 20 heavy (non-hydrogen) atoms. The topological polar surface area (TPSA) is 0 Å². The second-order valence-electron chi connectivity index (χ2n) is 4.50. The van der Waals surface area contributed by atoms with Gasteiger partial charge in [-0.25, -0.2) is 0 Å². The molecule has 0 amide bonds. The van der Waals surface area contributed by atoms with E-state index >= 15 is 0 Å². The first-order valence-electron chi connectivity index (χ1n) is 6.88. The summed E-state index contributed by atoms with van der Waals surface area (Å²) in [7, 11) is 0. The molecule has 0 aromatic carbocycles. The van der Waals surface area contributed by atoms with Crippen LogP contribution < -0.4 is 0 Å². The van der Waals surface area contributed by atoms with Gasteiger partial charge in [0.1, 0.15) is 6.82 Å². The van der Waals surface area contributed by atoms with Gasteiger partial charge in [-0.05, 0) is 50.4 Å². The lowest BCUT2D eigenvalue weighted by Crippen LogP contribution is -2.14. The highest BCUT2D eigenvalue weighted by molar-refractivity contribution is 8.33. The van der Waals surface area contributed by atoms with Crippen LogP contribution in [0.4, 0.5) is 0 Å². The van der Waals surface area contributed by atoms with Gasteiger partial charge in [0, 0.05) is 0 Å². The molecule has 122 valence electrons. The van der Waals surface area contributed by atoms with Crippen LogP contribution in [0, 0.1) is 0 Å². The molecule has 0 aliphatic rings. The van der Waals surface area contributed by atoms with Gasteiger partial charge in [0.2, 0.25) is 0 Å². The molecule has 0 radical (unpaired) electrons. The summed E-state index contributed by atoms with van der Waals surface area (Å²) in [5.74, 6) is 0. The van der Waals surface area contributed by atoms with Gasteiger partial charge in [0.15, 0.2) is 0 Å². The van der Waals surface area contributed by atoms with Crippen LogP contribution >= 0.6 is 70.6 Å². The van der Waals surface area contributed by atoms with Gasteiger partial charge in [-0.15, -0.1) is 70.6 Å². The van der Waals surface area contributed by atoms with E-state index in [-0.39, 0.29) is 0 Å². The molecule has 0 aromatic rings. The van der Waals surface area contributed by atoms with Gasteiger partial charge in [-0.2, -0.15) is 0 Å². The molecule has 0 aliphatic heterocycles. The van der Waals surface area contributed by atoms with Crippen molar-refractivity contribution in [3.05, 3.63) is 0 Å². The fourth-order valence-electron chi connectivity index (χ4n) is 2.15. The van der Waals surface area contributed by atoms with Crippen LogP contribution in [0.1, 0.15) is 38.5 Å². The number of unbranched alkanes of at least 4 members (excludes halogenated alkanes) is 3. The molecule has 0 unspecified atom stereocenters. The zero-order valence-corrected chi connectivity index (χ0v) is 18.6. The first-order chi connectivity index (χ1) is 9.57. The first-order valence-corrected chi connectivity index (χ1v) is 14.2. The van der Waals surface area contributed by atoms with Crippen LogP contribution in [0.5, 0.6) is 0 Å². The van der Waals surface area contributed by atoms with Crippen molar-refractivity contribution in [2.24, 2.45) is 0 Å².